The topological polar surface area (TPSA) is 237 Å². The molecule has 15 heteroatoms. The van der Waals surface area contributed by atoms with E-state index in [0.29, 0.717) is 43.1 Å². The van der Waals surface area contributed by atoms with Crippen LogP contribution in [0.4, 0.5) is 0 Å². The van der Waals surface area contributed by atoms with Crippen LogP contribution in [0, 0.1) is 52.3 Å². The Morgan fingerprint density at radius 1 is 0.741 bits per heavy atom. The summed E-state index contributed by atoms with van der Waals surface area (Å²) < 4.78 is 37.1. The van der Waals surface area contributed by atoms with Crippen LogP contribution < -0.4 is 0 Å². The zero-order valence-corrected chi connectivity index (χ0v) is 31.9. The summed E-state index contributed by atoms with van der Waals surface area (Å²) in [5.41, 5.74) is -0.139. The van der Waals surface area contributed by atoms with Gasteiger partial charge in [0.1, 0.15) is 48.8 Å². The SMILES string of the molecule is C[C@H]1CO[C@]2(C[C@@H]1O[C@@H]1O[C@H](CO[C@@H]3O[C@H](CO)[C@@H](O)[C@H](O)[C@H]3O)[C@@H](O)[C@H](O)[C@H]1O)O[C@H]1C[C@H]3[C@@H]4CC[C@@H]5C[C@@H](O)C[C@@H](O)[C@]5(C)[C@H]4CC[C@]3(C)[C@H]1[C@@H]2C. The van der Waals surface area contributed by atoms with Crippen molar-refractivity contribution in [2.24, 2.45) is 52.3 Å². The molecule has 54 heavy (non-hydrogen) atoms. The van der Waals surface area contributed by atoms with Gasteiger partial charge in [0.25, 0.3) is 0 Å². The first kappa shape index (κ1) is 40.2. The Balaban J connectivity index is 0.935. The molecule has 0 bridgehead atoms. The van der Waals surface area contributed by atoms with Crippen LogP contribution in [0.5, 0.6) is 0 Å². The van der Waals surface area contributed by atoms with Crippen molar-refractivity contribution in [3.8, 4) is 0 Å². The van der Waals surface area contributed by atoms with Crippen molar-refractivity contribution in [3.63, 3.8) is 0 Å². The van der Waals surface area contributed by atoms with Gasteiger partial charge in [-0.15, -0.1) is 0 Å². The minimum Gasteiger partial charge on any atom is -0.394 e. The third kappa shape index (κ3) is 6.18. The van der Waals surface area contributed by atoms with Crippen molar-refractivity contribution in [1.82, 2.24) is 0 Å². The third-order valence-corrected chi connectivity index (χ3v) is 16.4. The van der Waals surface area contributed by atoms with E-state index in [1.54, 1.807) is 0 Å². The van der Waals surface area contributed by atoms with E-state index in [1.165, 1.54) is 0 Å². The lowest BCUT2D eigenvalue weighted by molar-refractivity contribution is -0.353. The summed E-state index contributed by atoms with van der Waals surface area (Å²) in [6.45, 7) is 8.20. The quantitative estimate of drug-likeness (QED) is 0.164. The molecule has 0 aromatic carbocycles. The molecular formula is C39H64O15. The molecule has 310 valence electrons. The van der Waals surface area contributed by atoms with Crippen LogP contribution >= 0.6 is 0 Å². The van der Waals surface area contributed by atoms with Crippen molar-refractivity contribution < 1.29 is 74.4 Å². The molecular weight excluding hydrogens is 708 g/mol. The van der Waals surface area contributed by atoms with E-state index in [9.17, 15) is 46.0 Å². The first-order valence-corrected chi connectivity index (χ1v) is 20.5. The van der Waals surface area contributed by atoms with E-state index in [4.69, 9.17) is 28.4 Å². The van der Waals surface area contributed by atoms with Crippen LogP contribution in [0.2, 0.25) is 0 Å². The summed E-state index contributed by atoms with van der Waals surface area (Å²) in [5.74, 6) is 1.01. The minimum atomic E-state index is -1.66. The molecule has 4 heterocycles. The van der Waals surface area contributed by atoms with E-state index in [1.807, 2.05) is 6.92 Å². The molecule has 8 aliphatic rings. The van der Waals surface area contributed by atoms with E-state index >= 15 is 0 Å². The fourth-order valence-electron chi connectivity index (χ4n) is 13.2. The van der Waals surface area contributed by atoms with Gasteiger partial charge in [0.05, 0.1) is 44.2 Å². The van der Waals surface area contributed by atoms with Gasteiger partial charge in [-0.3, -0.25) is 0 Å². The number of fused-ring (bicyclic) bond motifs is 7. The maximum Gasteiger partial charge on any atom is 0.186 e. The second-order valence-corrected chi connectivity index (χ2v) is 18.9. The molecule has 0 amide bonds. The van der Waals surface area contributed by atoms with E-state index < -0.39 is 98.7 Å². The maximum absolute atomic E-state index is 11.4. The highest BCUT2D eigenvalue weighted by atomic mass is 16.7. The predicted molar refractivity (Wildman–Crippen MR) is 186 cm³/mol. The van der Waals surface area contributed by atoms with Gasteiger partial charge in [-0.05, 0) is 85.4 Å². The summed E-state index contributed by atoms with van der Waals surface area (Å²) >= 11 is 0. The van der Waals surface area contributed by atoms with Crippen molar-refractivity contribution >= 4 is 0 Å². The number of hydrogen-bond acceptors (Lipinski definition) is 15. The predicted octanol–water partition coefficient (Wildman–Crippen LogP) is -0.616. The first-order valence-electron chi connectivity index (χ1n) is 20.5. The van der Waals surface area contributed by atoms with Crippen molar-refractivity contribution in [2.75, 3.05) is 19.8 Å². The number of hydrogen-bond donors (Lipinski definition) is 9. The monoisotopic (exact) mass is 772 g/mol. The highest BCUT2D eigenvalue weighted by molar-refractivity contribution is 5.16. The van der Waals surface area contributed by atoms with Crippen molar-refractivity contribution in [1.29, 1.82) is 0 Å². The molecule has 8 rings (SSSR count). The Bertz CT molecular complexity index is 1340. The fourth-order valence-corrected chi connectivity index (χ4v) is 13.2. The summed E-state index contributed by atoms with van der Waals surface area (Å²) in [6.07, 6.45) is -9.55. The Labute approximate surface area is 316 Å². The Morgan fingerprint density at radius 3 is 2.15 bits per heavy atom. The second kappa shape index (κ2) is 14.6. The molecule has 1 spiro atoms. The van der Waals surface area contributed by atoms with Gasteiger partial charge in [-0.1, -0.05) is 27.7 Å². The van der Waals surface area contributed by atoms with Gasteiger partial charge in [0.2, 0.25) is 0 Å². The smallest absolute Gasteiger partial charge is 0.186 e. The van der Waals surface area contributed by atoms with Gasteiger partial charge in [-0.2, -0.15) is 0 Å². The lowest BCUT2D eigenvalue weighted by Gasteiger charge is -2.62. The lowest BCUT2D eigenvalue weighted by atomic mass is 9.43. The fraction of sp³-hybridized carbons (Fsp3) is 1.00. The second-order valence-electron chi connectivity index (χ2n) is 18.9. The minimum absolute atomic E-state index is 0.00359. The van der Waals surface area contributed by atoms with Gasteiger partial charge in [0.15, 0.2) is 18.4 Å². The van der Waals surface area contributed by atoms with E-state index in [2.05, 4.69) is 20.8 Å². The Kier molecular flexibility index (Phi) is 10.9. The Morgan fingerprint density at radius 2 is 1.43 bits per heavy atom. The van der Waals surface area contributed by atoms with Crippen LogP contribution in [-0.2, 0) is 28.4 Å². The molecule has 0 radical (unpaired) electrons. The average Bonchev–Trinajstić information content (AvgIpc) is 3.58. The number of rotatable bonds is 6. The highest BCUT2D eigenvalue weighted by Crippen LogP contribution is 2.71. The zero-order chi connectivity index (χ0) is 38.6. The van der Waals surface area contributed by atoms with Crippen molar-refractivity contribution in [2.45, 2.75) is 171 Å². The summed E-state index contributed by atoms with van der Waals surface area (Å²) in [5, 5.41) is 94.6. The van der Waals surface area contributed by atoms with Gasteiger partial charge in [-0.25, -0.2) is 0 Å². The van der Waals surface area contributed by atoms with Gasteiger partial charge >= 0.3 is 0 Å². The molecule has 15 nitrogen and oxygen atoms in total. The average molecular weight is 773 g/mol. The van der Waals surface area contributed by atoms with Crippen LogP contribution in [0.25, 0.3) is 0 Å². The van der Waals surface area contributed by atoms with Gasteiger partial charge in [0, 0.05) is 18.3 Å². The molecule has 4 saturated carbocycles. The standard InChI is InChI=1S/C39H64O15/c1-16-14-50-39(12-24(16)51-36-34(48)32(46)30(44)26(53-36)15-49-35-33(47)31(45)29(43)25(13-40)52-35)17(2)28-23(54-39)11-22-20-6-5-18-9-19(41)10-27(42)38(18,4)21(20)7-8-37(22,28)3/h16-36,40-48H,5-15H2,1-4H3/t16-,17-,18+,19+,20+,21-,22-,23-,24-,25+,26+,27+,28-,29+,30+,31-,32-,33+,34+,35+,36+,37-,38-,39+/m0/s1. The molecule has 4 aliphatic carbocycles. The largest absolute Gasteiger partial charge is 0.394 e. The van der Waals surface area contributed by atoms with E-state index in [-0.39, 0.29) is 34.7 Å². The number of ether oxygens (including phenoxy) is 6. The van der Waals surface area contributed by atoms with Gasteiger partial charge < -0.3 is 74.4 Å². The van der Waals surface area contributed by atoms with Crippen LogP contribution in [0.15, 0.2) is 0 Å². The Hall–Kier alpha value is -0.600. The van der Waals surface area contributed by atoms with Crippen LogP contribution in [0.3, 0.4) is 0 Å². The molecule has 24 atom stereocenters. The zero-order valence-electron chi connectivity index (χ0n) is 31.9. The van der Waals surface area contributed by atoms with Crippen LogP contribution in [-0.4, -0.2) is 157 Å². The van der Waals surface area contributed by atoms with E-state index in [0.717, 1.165) is 38.5 Å². The number of aliphatic hydroxyl groups is 9. The third-order valence-electron chi connectivity index (χ3n) is 16.4. The summed E-state index contributed by atoms with van der Waals surface area (Å²) in [6, 6.07) is 0. The molecule has 0 unspecified atom stereocenters. The number of aliphatic hydroxyl groups excluding tert-OH is 9. The normalized spacial score (nSPS) is 60.1. The first-order chi connectivity index (χ1) is 25.5. The molecule has 4 saturated heterocycles. The molecule has 8 fully saturated rings. The molecule has 0 aromatic heterocycles. The lowest BCUT2D eigenvalue weighted by Crippen LogP contribution is -2.62. The molecule has 4 aliphatic heterocycles. The maximum atomic E-state index is 11.4. The summed E-state index contributed by atoms with van der Waals surface area (Å²) in [7, 11) is 0. The molecule has 0 aromatic rings. The van der Waals surface area contributed by atoms with Crippen LogP contribution in [0.1, 0.15) is 79.1 Å². The highest BCUT2D eigenvalue weighted by Gasteiger charge is 2.70. The molecule has 9 N–H and O–H groups in total. The van der Waals surface area contributed by atoms with Crippen molar-refractivity contribution in [3.05, 3.63) is 0 Å². The summed E-state index contributed by atoms with van der Waals surface area (Å²) in [4.78, 5) is 0.